The Hall–Kier alpha value is -3.15. The summed E-state index contributed by atoms with van der Waals surface area (Å²) in [4.78, 5) is 15.6. The lowest BCUT2D eigenvalue weighted by atomic mass is 9.64. The van der Waals surface area contributed by atoms with Crippen LogP contribution in [0.2, 0.25) is 0 Å². The Morgan fingerprint density at radius 1 is 0.970 bits per heavy atom. The molecule has 0 unspecified atom stereocenters. The number of rotatable bonds is 9. The molecule has 4 rings (SSSR count). The first kappa shape index (κ1) is 23.0. The molecular weight excluding hydrogens is 412 g/mol. The van der Waals surface area contributed by atoms with Crippen LogP contribution < -0.4 is 5.73 Å². The topological polar surface area (TPSA) is 86.8 Å². The molecule has 172 valence electrons. The molecule has 0 aliphatic carbocycles. The highest BCUT2D eigenvalue weighted by molar-refractivity contribution is 5.91. The SMILES string of the molecule is NC(=O)C(c1ccccc1)(c1ccccc1)[C@H]1CCN(CCc2ccc(O)c(CCO)c2)C1. The number of nitrogens with zero attached hydrogens (tertiary/aromatic N) is 1. The second-order valence-electron chi connectivity index (χ2n) is 8.88. The van der Waals surface area contributed by atoms with Crippen LogP contribution in [0.5, 0.6) is 5.75 Å². The fourth-order valence-electron chi connectivity index (χ4n) is 5.32. The maximum absolute atomic E-state index is 13.2. The second-order valence-corrected chi connectivity index (χ2v) is 8.88. The van der Waals surface area contributed by atoms with Crippen LogP contribution in [-0.2, 0) is 23.1 Å². The van der Waals surface area contributed by atoms with Gasteiger partial charge in [-0.25, -0.2) is 0 Å². The van der Waals surface area contributed by atoms with Gasteiger partial charge in [0, 0.05) is 19.7 Å². The summed E-state index contributed by atoms with van der Waals surface area (Å²) in [7, 11) is 0. The van der Waals surface area contributed by atoms with Gasteiger partial charge in [0.1, 0.15) is 11.2 Å². The summed E-state index contributed by atoms with van der Waals surface area (Å²) in [5.41, 5.74) is 9.11. The van der Waals surface area contributed by atoms with Gasteiger partial charge < -0.3 is 20.8 Å². The molecule has 3 aromatic carbocycles. The number of amides is 1. The van der Waals surface area contributed by atoms with Crippen molar-refractivity contribution in [2.24, 2.45) is 11.7 Å². The normalized spacial score (nSPS) is 16.7. The highest BCUT2D eigenvalue weighted by atomic mass is 16.3. The molecule has 5 heteroatoms. The molecular formula is C28H32N2O3. The lowest BCUT2D eigenvalue weighted by molar-refractivity contribution is -0.123. The molecule has 0 radical (unpaired) electrons. The lowest BCUT2D eigenvalue weighted by Crippen LogP contribution is -2.49. The summed E-state index contributed by atoms with van der Waals surface area (Å²) in [6.07, 6.45) is 2.17. The zero-order valence-corrected chi connectivity index (χ0v) is 18.9. The molecule has 1 amide bonds. The van der Waals surface area contributed by atoms with E-state index in [0.717, 1.165) is 54.7 Å². The number of hydrogen-bond acceptors (Lipinski definition) is 4. The number of hydrogen-bond donors (Lipinski definition) is 3. The van der Waals surface area contributed by atoms with Gasteiger partial charge in [-0.2, -0.15) is 0 Å². The van der Waals surface area contributed by atoms with Gasteiger partial charge in [-0.05, 0) is 60.0 Å². The van der Waals surface area contributed by atoms with E-state index in [2.05, 4.69) is 4.90 Å². The highest BCUT2D eigenvalue weighted by Gasteiger charge is 2.49. The Kier molecular flexibility index (Phi) is 7.11. The summed E-state index contributed by atoms with van der Waals surface area (Å²) >= 11 is 0. The number of aliphatic hydroxyl groups excluding tert-OH is 1. The first-order valence-electron chi connectivity index (χ1n) is 11.6. The number of phenols is 1. The Morgan fingerprint density at radius 3 is 2.18 bits per heavy atom. The van der Waals surface area contributed by atoms with Crippen LogP contribution in [-0.4, -0.2) is 47.3 Å². The minimum atomic E-state index is -0.871. The second kappa shape index (κ2) is 10.2. The van der Waals surface area contributed by atoms with Crippen molar-refractivity contribution < 1.29 is 15.0 Å². The molecule has 0 spiro atoms. The minimum absolute atomic E-state index is 0.0129. The highest BCUT2D eigenvalue weighted by Crippen LogP contribution is 2.43. The molecule has 4 N–H and O–H groups in total. The van der Waals surface area contributed by atoms with Crippen molar-refractivity contribution in [3.05, 3.63) is 101 Å². The van der Waals surface area contributed by atoms with E-state index in [-0.39, 0.29) is 24.2 Å². The van der Waals surface area contributed by atoms with Gasteiger partial charge in [-0.1, -0.05) is 72.8 Å². The summed E-state index contributed by atoms with van der Waals surface area (Å²) in [5, 5.41) is 19.2. The van der Waals surface area contributed by atoms with Gasteiger partial charge in [0.15, 0.2) is 0 Å². The van der Waals surface area contributed by atoms with Gasteiger partial charge in [0.05, 0.1) is 0 Å². The largest absolute Gasteiger partial charge is 0.508 e. The van der Waals surface area contributed by atoms with Crippen molar-refractivity contribution in [3.8, 4) is 5.75 Å². The Balaban J connectivity index is 1.56. The number of likely N-dealkylation sites (tertiary alicyclic amines) is 1. The maximum Gasteiger partial charge on any atom is 0.232 e. The smallest absolute Gasteiger partial charge is 0.232 e. The average molecular weight is 445 g/mol. The summed E-state index contributed by atoms with van der Waals surface area (Å²) in [5.74, 6) is -0.00509. The van der Waals surface area contributed by atoms with Crippen LogP contribution in [0.15, 0.2) is 78.9 Å². The third-order valence-corrected chi connectivity index (χ3v) is 6.97. The van der Waals surface area contributed by atoms with E-state index < -0.39 is 5.41 Å². The van der Waals surface area contributed by atoms with Crippen molar-refractivity contribution in [1.29, 1.82) is 0 Å². The van der Waals surface area contributed by atoms with E-state index in [1.807, 2.05) is 72.8 Å². The molecule has 1 atom stereocenters. The molecule has 1 aliphatic rings. The number of aliphatic hydroxyl groups is 1. The fourth-order valence-corrected chi connectivity index (χ4v) is 5.32. The van der Waals surface area contributed by atoms with Crippen LogP contribution in [0.1, 0.15) is 28.7 Å². The molecule has 0 aromatic heterocycles. The van der Waals surface area contributed by atoms with Crippen LogP contribution in [0.3, 0.4) is 0 Å². The van der Waals surface area contributed by atoms with Crippen molar-refractivity contribution in [2.75, 3.05) is 26.2 Å². The van der Waals surface area contributed by atoms with Crippen LogP contribution >= 0.6 is 0 Å². The minimum Gasteiger partial charge on any atom is -0.508 e. The first-order valence-corrected chi connectivity index (χ1v) is 11.6. The van der Waals surface area contributed by atoms with Crippen molar-refractivity contribution >= 4 is 5.91 Å². The third kappa shape index (κ3) is 4.65. The Bertz CT molecular complexity index is 1030. The van der Waals surface area contributed by atoms with Gasteiger partial charge in [0.2, 0.25) is 5.91 Å². The number of carbonyl (C=O) groups excluding carboxylic acids is 1. The number of benzene rings is 3. The number of phenolic OH excluding ortho intramolecular Hbond substituents is 1. The van der Waals surface area contributed by atoms with Gasteiger partial charge in [0.25, 0.3) is 0 Å². The molecule has 1 fully saturated rings. The Morgan fingerprint density at radius 2 is 1.61 bits per heavy atom. The van der Waals surface area contributed by atoms with Crippen LogP contribution in [0, 0.1) is 5.92 Å². The summed E-state index contributed by atoms with van der Waals surface area (Å²) < 4.78 is 0. The molecule has 1 saturated heterocycles. The standard InChI is InChI=1S/C28H32N2O3/c29-27(33)28(23-7-3-1-4-8-23,24-9-5-2-6-10-24)25-14-17-30(20-25)16-13-21-11-12-26(32)22(19-21)15-18-31/h1-12,19,25,31-32H,13-18,20H2,(H2,29,33)/t25-/m0/s1. The lowest BCUT2D eigenvalue weighted by Gasteiger charge is -2.37. The van der Waals surface area contributed by atoms with Crippen molar-refractivity contribution in [3.63, 3.8) is 0 Å². The molecule has 1 aliphatic heterocycles. The average Bonchev–Trinajstić information content (AvgIpc) is 3.30. The maximum atomic E-state index is 13.2. The fraction of sp³-hybridized carbons (Fsp3) is 0.321. The quantitative estimate of drug-likeness (QED) is 0.473. The van der Waals surface area contributed by atoms with Gasteiger partial charge in [-0.3, -0.25) is 4.79 Å². The van der Waals surface area contributed by atoms with Crippen LogP contribution in [0.25, 0.3) is 0 Å². The molecule has 33 heavy (non-hydrogen) atoms. The van der Waals surface area contributed by atoms with Crippen LogP contribution in [0.4, 0.5) is 0 Å². The molecule has 1 heterocycles. The van der Waals surface area contributed by atoms with E-state index in [9.17, 15) is 15.0 Å². The van der Waals surface area contributed by atoms with E-state index >= 15 is 0 Å². The predicted molar refractivity (Wildman–Crippen MR) is 130 cm³/mol. The van der Waals surface area contributed by atoms with E-state index in [4.69, 9.17) is 5.73 Å². The van der Waals surface area contributed by atoms with Crippen molar-refractivity contribution in [1.82, 2.24) is 4.90 Å². The van der Waals surface area contributed by atoms with Gasteiger partial charge in [-0.15, -0.1) is 0 Å². The number of carbonyl (C=O) groups is 1. The molecule has 5 nitrogen and oxygen atoms in total. The Labute approximate surface area is 195 Å². The zero-order valence-electron chi connectivity index (χ0n) is 18.9. The summed E-state index contributed by atoms with van der Waals surface area (Å²) in [6, 6.07) is 25.5. The zero-order chi connectivity index (χ0) is 23.3. The van der Waals surface area contributed by atoms with Gasteiger partial charge >= 0.3 is 0 Å². The molecule has 3 aromatic rings. The number of aromatic hydroxyl groups is 1. The monoisotopic (exact) mass is 444 g/mol. The predicted octanol–water partition coefficient (Wildman–Crippen LogP) is 3.26. The van der Waals surface area contributed by atoms with E-state index in [0.29, 0.717) is 6.42 Å². The van der Waals surface area contributed by atoms with E-state index in [1.54, 1.807) is 6.07 Å². The third-order valence-electron chi connectivity index (χ3n) is 6.97. The first-order chi connectivity index (χ1) is 16.1. The van der Waals surface area contributed by atoms with Crippen molar-refractivity contribution in [2.45, 2.75) is 24.7 Å². The molecule has 0 saturated carbocycles. The van der Waals surface area contributed by atoms with E-state index in [1.165, 1.54) is 0 Å². The molecule has 0 bridgehead atoms. The number of primary amides is 1. The summed E-state index contributed by atoms with van der Waals surface area (Å²) in [6.45, 7) is 2.56. The number of nitrogens with two attached hydrogens (primary N) is 1.